The Morgan fingerprint density at radius 1 is 1.05 bits per heavy atom. The summed E-state index contributed by atoms with van der Waals surface area (Å²) in [6.45, 7) is 1.78. The van der Waals surface area contributed by atoms with Gasteiger partial charge >= 0.3 is 0 Å². The van der Waals surface area contributed by atoms with Crippen LogP contribution in [0.4, 0.5) is 25.8 Å². The van der Waals surface area contributed by atoms with E-state index in [2.05, 4.69) is 9.62 Å². The molecule has 0 bridgehead atoms. The van der Waals surface area contributed by atoms with Crippen LogP contribution in [0.2, 0.25) is 0 Å². The standard InChI is InChI=1S/C16H17F2N3S/c1-19-7-4-8-20-15-5-2-3-6-16(15)21(22-20)14-10-12(17)9-13(18)11-14/h2-3,5-6,9-11,19H,4,7-8H2,1H3. The molecular formula is C16H17F2N3S. The fourth-order valence-corrected chi connectivity index (χ4v) is 3.53. The third-order valence-corrected chi connectivity index (χ3v) is 4.57. The second-order valence-corrected chi connectivity index (χ2v) is 6.02. The first-order valence-electron chi connectivity index (χ1n) is 7.14. The summed E-state index contributed by atoms with van der Waals surface area (Å²) < 4.78 is 31.0. The van der Waals surface area contributed by atoms with Gasteiger partial charge in [0, 0.05) is 12.6 Å². The zero-order valence-electron chi connectivity index (χ0n) is 12.2. The van der Waals surface area contributed by atoms with Gasteiger partial charge in [0.1, 0.15) is 11.6 Å². The van der Waals surface area contributed by atoms with Gasteiger partial charge in [0.25, 0.3) is 0 Å². The maximum atomic E-state index is 13.5. The van der Waals surface area contributed by atoms with Gasteiger partial charge in [-0.05, 0) is 44.3 Å². The van der Waals surface area contributed by atoms with Crippen molar-refractivity contribution >= 4 is 29.2 Å². The second kappa shape index (κ2) is 6.54. The fraction of sp³-hybridized carbons (Fsp3) is 0.250. The van der Waals surface area contributed by atoms with Crippen LogP contribution in [-0.2, 0) is 0 Å². The Bertz CT molecular complexity index is 645. The Morgan fingerprint density at radius 3 is 2.41 bits per heavy atom. The number of halogens is 2. The smallest absolute Gasteiger partial charge is 0.128 e. The van der Waals surface area contributed by atoms with E-state index in [1.165, 1.54) is 24.3 Å². The molecule has 0 amide bonds. The Balaban J connectivity index is 1.90. The maximum absolute atomic E-state index is 13.5. The zero-order valence-corrected chi connectivity index (χ0v) is 13.0. The third kappa shape index (κ3) is 3.03. The van der Waals surface area contributed by atoms with Gasteiger partial charge in [-0.25, -0.2) is 8.78 Å². The first-order valence-corrected chi connectivity index (χ1v) is 7.87. The summed E-state index contributed by atoms with van der Waals surface area (Å²) in [4.78, 5) is 0. The number of hydrogen-bond donors (Lipinski definition) is 1. The second-order valence-electron chi connectivity index (χ2n) is 5.05. The molecule has 1 heterocycles. The van der Waals surface area contributed by atoms with E-state index in [9.17, 15) is 8.78 Å². The molecule has 2 aromatic carbocycles. The van der Waals surface area contributed by atoms with Crippen molar-refractivity contribution in [2.45, 2.75) is 6.42 Å². The number of hydrogen-bond acceptors (Lipinski definition) is 4. The summed E-state index contributed by atoms with van der Waals surface area (Å²) in [6.07, 6.45) is 0.989. The van der Waals surface area contributed by atoms with Crippen LogP contribution in [0.15, 0.2) is 42.5 Å². The molecule has 0 aliphatic carbocycles. The molecular weight excluding hydrogens is 304 g/mol. The highest BCUT2D eigenvalue weighted by atomic mass is 32.2. The van der Waals surface area contributed by atoms with Crippen LogP contribution in [0.3, 0.4) is 0 Å². The lowest BCUT2D eigenvalue weighted by atomic mass is 10.2. The summed E-state index contributed by atoms with van der Waals surface area (Å²) in [6, 6.07) is 11.5. The van der Waals surface area contributed by atoms with Crippen molar-refractivity contribution in [1.82, 2.24) is 5.32 Å². The van der Waals surface area contributed by atoms with Crippen molar-refractivity contribution in [3.8, 4) is 0 Å². The average molecular weight is 321 g/mol. The summed E-state index contributed by atoms with van der Waals surface area (Å²) in [5, 5.41) is 3.12. The minimum Gasteiger partial charge on any atom is -0.320 e. The number of nitrogens with zero attached hydrogens (tertiary/aromatic N) is 2. The number of rotatable bonds is 5. The third-order valence-electron chi connectivity index (χ3n) is 3.42. The van der Waals surface area contributed by atoms with Gasteiger partial charge in [-0.1, -0.05) is 12.1 Å². The molecule has 3 rings (SSSR count). The van der Waals surface area contributed by atoms with E-state index in [1.54, 1.807) is 0 Å². The monoisotopic (exact) mass is 321 g/mol. The van der Waals surface area contributed by atoms with Crippen LogP contribution >= 0.6 is 12.1 Å². The molecule has 0 aromatic heterocycles. The van der Waals surface area contributed by atoms with E-state index in [-0.39, 0.29) is 0 Å². The van der Waals surface area contributed by atoms with E-state index < -0.39 is 11.6 Å². The number of benzene rings is 2. The SMILES string of the molecule is CNCCCN1SN(c2cc(F)cc(F)c2)c2ccccc21. The largest absolute Gasteiger partial charge is 0.320 e. The fourth-order valence-electron chi connectivity index (χ4n) is 2.44. The van der Waals surface area contributed by atoms with Crippen molar-refractivity contribution in [1.29, 1.82) is 0 Å². The van der Waals surface area contributed by atoms with Crippen molar-refractivity contribution < 1.29 is 8.78 Å². The van der Waals surface area contributed by atoms with Crippen LogP contribution in [0.5, 0.6) is 0 Å². The molecule has 2 aromatic rings. The van der Waals surface area contributed by atoms with Gasteiger partial charge < -0.3 is 5.32 Å². The molecule has 0 spiro atoms. The lowest BCUT2D eigenvalue weighted by molar-refractivity contribution is 0.584. The van der Waals surface area contributed by atoms with Gasteiger partial charge in [-0.2, -0.15) is 0 Å². The highest BCUT2D eigenvalue weighted by Crippen LogP contribution is 2.48. The van der Waals surface area contributed by atoms with Crippen LogP contribution < -0.4 is 13.9 Å². The Hall–Kier alpha value is -1.79. The number of para-hydroxylation sites is 2. The molecule has 0 radical (unpaired) electrons. The molecule has 0 saturated carbocycles. The number of nitrogens with one attached hydrogen (secondary N) is 1. The van der Waals surface area contributed by atoms with E-state index >= 15 is 0 Å². The van der Waals surface area contributed by atoms with Crippen LogP contribution in [-0.4, -0.2) is 20.1 Å². The van der Waals surface area contributed by atoms with Gasteiger partial charge in [0.2, 0.25) is 0 Å². The summed E-state index contributed by atoms with van der Waals surface area (Å²) in [5.41, 5.74) is 2.52. The molecule has 0 saturated heterocycles. The summed E-state index contributed by atoms with van der Waals surface area (Å²) in [5.74, 6) is -1.14. The first kappa shape index (κ1) is 15.1. The lowest BCUT2D eigenvalue weighted by Gasteiger charge is -2.19. The van der Waals surface area contributed by atoms with Crippen molar-refractivity contribution in [3.63, 3.8) is 0 Å². The van der Waals surface area contributed by atoms with E-state index in [1.807, 2.05) is 35.6 Å². The molecule has 6 heteroatoms. The number of fused-ring (bicyclic) bond motifs is 1. The van der Waals surface area contributed by atoms with Crippen LogP contribution in [0, 0.1) is 11.6 Å². The van der Waals surface area contributed by atoms with Gasteiger partial charge in [-0.15, -0.1) is 0 Å². The molecule has 1 N–H and O–H groups in total. The predicted molar refractivity (Wildman–Crippen MR) is 88.4 cm³/mol. The first-order chi connectivity index (χ1) is 10.7. The summed E-state index contributed by atoms with van der Waals surface area (Å²) in [7, 11) is 1.92. The molecule has 116 valence electrons. The van der Waals surface area contributed by atoms with Gasteiger partial charge in [-0.3, -0.25) is 8.61 Å². The predicted octanol–water partition coefficient (Wildman–Crippen LogP) is 4.10. The minimum atomic E-state index is -0.568. The molecule has 0 fully saturated rings. The molecule has 22 heavy (non-hydrogen) atoms. The van der Waals surface area contributed by atoms with Crippen LogP contribution in [0.25, 0.3) is 0 Å². The molecule has 1 aliphatic rings. The minimum absolute atomic E-state index is 0.506. The van der Waals surface area contributed by atoms with Crippen molar-refractivity contribution in [3.05, 3.63) is 54.1 Å². The Kier molecular flexibility index (Phi) is 4.49. The van der Waals surface area contributed by atoms with E-state index in [0.29, 0.717) is 5.69 Å². The summed E-state index contributed by atoms with van der Waals surface area (Å²) >= 11 is 1.47. The number of anilines is 3. The zero-order chi connectivity index (χ0) is 15.5. The molecule has 3 nitrogen and oxygen atoms in total. The maximum Gasteiger partial charge on any atom is 0.128 e. The topological polar surface area (TPSA) is 18.5 Å². The van der Waals surface area contributed by atoms with Crippen molar-refractivity contribution in [2.75, 3.05) is 28.7 Å². The quantitative estimate of drug-likeness (QED) is 0.660. The van der Waals surface area contributed by atoms with E-state index in [4.69, 9.17) is 0 Å². The Labute approximate surface area is 133 Å². The van der Waals surface area contributed by atoms with Crippen molar-refractivity contribution in [2.24, 2.45) is 0 Å². The average Bonchev–Trinajstić information content (AvgIpc) is 2.86. The van der Waals surface area contributed by atoms with E-state index in [0.717, 1.165) is 37.0 Å². The van der Waals surface area contributed by atoms with Gasteiger partial charge in [0.05, 0.1) is 29.2 Å². The molecule has 1 aliphatic heterocycles. The highest BCUT2D eigenvalue weighted by Gasteiger charge is 2.28. The normalized spacial score (nSPS) is 13.6. The molecule has 0 unspecified atom stereocenters. The highest BCUT2D eigenvalue weighted by molar-refractivity contribution is 8.02. The lowest BCUT2D eigenvalue weighted by Crippen LogP contribution is -2.19. The van der Waals surface area contributed by atoms with Crippen LogP contribution in [0.1, 0.15) is 6.42 Å². The van der Waals surface area contributed by atoms with Gasteiger partial charge in [0.15, 0.2) is 0 Å². The molecule has 0 atom stereocenters. The Morgan fingerprint density at radius 2 is 1.73 bits per heavy atom.